The maximum Gasteiger partial charge on any atom is 0.346 e. The van der Waals surface area contributed by atoms with E-state index in [2.05, 4.69) is 4.74 Å². The van der Waals surface area contributed by atoms with Crippen LogP contribution in [0.25, 0.3) is 0 Å². The maximum absolute atomic E-state index is 13.8. The van der Waals surface area contributed by atoms with Gasteiger partial charge in [0.05, 0.1) is 13.0 Å². The van der Waals surface area contributed by atoms with Crippen LogP contribution in [0.1, 0.15) is 13.3 Å². The van der Waals surface area contributed by atoms with Crippen molar-refractivity contribution in [2.75, 3.05) is 18.6 Å². The number of anilines is 1. The number of esters is 2. The Labute approximate surface area is 131 Å². The molecule has 0 radical (unpaired) electrons. The molecule has 8 heteroatoms. The monoisotopic (exact) mass is 327 g/mol. The quantitative estimate of drug-likeness (QED) is 0.782. The smallest absolute Gasteiger partial charge is 0.346 e. The van der Waals surface area contributed by atoms with Gasteiger partial charge in [-0.3, -0.25) is 9.59 Å². The highest BCUT2D eigenvalue weighted by molar-refractivity contribution is 5.99. The van der Waals surface area contributed by atoms with Crippen LogP contribution in [0, 0.1) is 17.6 Å². The predicted octanol–water partition coefficient (Wildman–Crippen LogP) is 1.42. The van der Waals surface area contributed by atoms with Crippen LogP contribution < -0.4 is 4.90 Å². The zero-order valence-corrected chi connectivity index (χ0v) is 12.5. The van der Waals surface area contributed by atoms with Crippen LogP contribution in [0.3, 0.4) is 0 Å². The lowest BCUT2D eigenvalue weighted by atomic mass is 10.1. The molecule has 2 unspecified atom stereocenters. The fraction of sp³-hybridized carbons (Fsp3) is 0.400. The van der Waals surface area contributed by atoms with Gasteiger partial charge in [-0.15, -0.1) is 0 Å². The van der Waals surface area contributed by atoms with Gasteiger partial charge in [0.25, 0.3) is 0 Å². The van der Waals surface area contributed by atoms with E-state index in [1.165, 1.54) is 13.0 Å². The van der Waals surface area contributed by atoms with E-state index < -0.39 is 47.2 Å². The van der Waals surface area contributed by atoms with Crippen molar-refractivity contribution < 1.29 is 32.6 Å². The van der Waals surface area contributed by atoms with Crippen molar-refractivity contribution in [2.24, 2.45) is 5.92 Å². The average Bonchev–Trinajstić information content (AvgIpc) is 2.88. The number of hydrogen-bond donors (Lipinski definition) is 0. The molecule has 2 rings (SSSR count). The first-order chi connectivity index (χ1) is 10.8. The molecule has 6 nitrogen and oxygen atoms in total. The van der Waals surface area contributed by atoms with Gasteiger partial charge in [-0.25, -0.2) is 13.6 Å². The molecule has 1 saturated heterocycles. The van der Waals surface area contributed by atoms with Crippen LogP contribution in [-0.2, 0) is 23.9 Å². The van der Waals surface area contributed by atoms with E-state index in [0.29, 0.717) is 0 Å². The first-order valence-electron chi connectivity index (χ1n) is 6.87. The summed E-state index contributed by atoms with van der Waals surface area (Å²) in [6, 6.07) is 3.23. The van der Waals surface area contributed by atoms with Crippen molar-refractivity contribution in [3.63, 3.8) is 0 Å². The molecule has 124 valence electrons. The third-order valence-corrected chi connectivity index (χ3v) is 3.49. The topological polar surface area (TPSA) is 72.9 Å². The molecule has 23 heavy (non-hydrogen) atoms. The van der Waals surface area contributed by atoms with E-state index in [-0.39, 0.29) is 13.0 Å². The summed E-state index contributed by atoms with van der Waals surface area (Å²) in [5.74, 6) is -4.82. The molecular weight excluding hydrogens is 312 g/mol. The van der Waals surface area contributed by atoms with Gasteiger partial charge in [-0.2, -0.15) is 0 Å². The summed E-state index contributed by atoms with van der Waals surface area (Å²) < 4.78 is 36.8. The Hall–Kier alpha value is -2.51. The SMILES string of the molecule is COC(=O)C(C)OC(=O)C1CC(=O)N(c2c(F)cccc2F)C1. The van der Waals surface area contributed by atoms with Gasteiger partial charge in [0, 0.05) is 13.0 Å². The van der Waals surface area contributed by atoms with E-state index in [0.717, 1.165) is 24.1 Å². The highest BCUT2D eigenvalue weighted by Crippen LogP contribution is 2.30. The van der Waals surface area contributed by atoms with Crippen molar-refractivity contribution in [1.82, 2.24) is 0 Å². The summed E-state index contributed by atoms with van der Waals surface area (Å²) >= 11 is 0. The molecule has 1 aromatic rings. The van der Waals surface area contributed by atoms with E-state index in [4.69, 9.17) is 4.74 Å². The van der Waals surface area contributed by atoms with Crippen molar-refractivity contribution in [3.8, 4) is 0 Å². The highest BCUT2D eigenvalue weighted by atomic mass is 19.1. The Morgan fingerprint density at radius 3 is 2.48 bits per heavy atom. The summed E-state index contributed by atoms with van der Waals surface area (Å²) in [5.41, 5.74) is -0.492. The summed E-state index contributed by atoms with van der Waals surface area (Å²) in [5, 5.41) is 0. The van der Waals surface area contributed by atoms with Crippen molar-refractivity contribution in [2.45, 2.75) is 19.4 Å². The van der Waals surface area contributed by atoms with Gasteiger partial charge < -0.3 is 14.4 Å². The molecule has 1 aromatic carbocycles. The minimum absolute atomic E-state index is 0.219. The third-order valence-electron chi connectivity index (χ3n) is 3.49. The van der Waals surface area contributed by atoms with Crippen LogP contribution in [-0.4, -0.2) is 37.6 Å². The Morgan fingerprint density at radius 1 is 1.30 bits per heavy atom. The number of rotatable bonds is 4. The second kappa shape index (κ2) is 6.72. The average molecular weight is 327 g/mol. The van der Waals surface area contributed by atoms with Crippen LogP contribution in [0.15, 0.2) is 18.2 Å². The van der Waals surface area contributed by atoms with Crippen LogP contribution in [0.5, 0.6) is 0 Å². The van der Waals surface area contributed by atoms with Crippen molar-refractivity contribution in [1.29, 1.82) is 0 Å². The molecule has 0 aromatic heterocycles. The molecule has 1 fully saturated rings. The summed E-state index contributed by atoms with van der Waals surface area (Å²) in [6.07, 6.45) is -1.37. The Morgan fingerprint density at radius 2 is 1.91 bits per heavy atom. The normalized spacial score (nSPS) is 18.7. The number of carbonyl (C=O) groups excluding carboxylic acids is 3. The number of halogens is 2. The number of ether oxygens (including phenoxy) is 2. The fourth-order valence-electron chi connectivity index (χ4n) is 2.31. The first-order valence-corrected chi connectivity index (χ1v) is 6.87. The second-order valence-corrected chi connectivity index (χ2v) is 5.08. The van der Waals surface area contributed by atoms with Gasteiger partial charge in [0.15, 0.2) is 6.10 Å². The Kier molecular flexibility index (Phi) is 4.92. The Balaban J connectivity index is 2.11. The van der Waals surface area contributed by atoms with Crippen molar-refractivity contribution in [3.05, 3.63) is 29.8 Å². The van der Waals surface area contributed by atoms with Gasteiger partial charge in [0.2, 0.25) is 5.91 Å². The van der Waals surface area contributed by atoms with Gasteiger partial charge in [-0.1, -0.05) is 6.07 Å². The summed E-state index contributed by atoms with van der Waals surface area (Å²) in [7, 11) is 1.15. The molecule has 1 aliphatic rings. The standard InChI is InChI=1S/C15H15F2NO5/c1-8(14(20)22-2)23-15(21)9-6-12(19)18(7-9)13-10(16)4-3-5-11(13)17/h3-5,8-9H,6-7H2,1-2H3. The summed E-state index contributed by atoms with van der Waals surface area (Å²) in [4.78, 5) is 36.0. The van der Waals surface area contributed by atoms with E-state index in [1.54, 1.807) is 0 Å². The van der Waals surface area contributed by atoms with Gasteiger partial charge >= 0.3 is 11.9 Å². The molecule has 1 amide bonds. The van der Waals surface area contributed by atoms with Gasteiger partial charge in [-0.05, 0) is 19.1 Å². The molecule has 0 aliphatic carbocycles. The minimum Gasteiger partial charge on any atom is -0.466 e. The maximum atomic E-state index is 13.8. The molecule has 0 N–H and O–H groups in total. The predicted molar refractivity (Wildman–Crippen MR) is 74.4 cm³/mol. The van der Waals surface area contributed by atoms with Crippen molar-refractivity contribution >= 4 is 23.5 Å². The van der Waals surface area contributed by atoms with Gasteiger partial charge in [0.1, 0.15) is 17.3 Å². The molecule has 0 saturated carbocycles. The number of amides is 1. The molecule has 1 aliphatic heterocycles. The number of nitrogens with zero attached hydrogens (tertiary/aromatic N) is 1. The zero-order valence-electron chi connectivity index (χ0n) is 12.5. The number of carbonyl (C=O) groups is 3. The molecule has 0 spiro atoms. The largest absolute Gasteiger partial charge is 0.466 e. The molecular formula is C15H15F2NO5. The lowest BCUT2D eigenvalue weighted by Gasteiger charge is -2.18. The van der Waals surface area contributed by atoms with E-state index >= 15 is 0 Å². The number of hydrogen-bond acceptors (Lipinski definition) is 5. The number of methoxy groups -OCH3 is 1. The summed E-state index contributed by atoms with van der Waals surface area (Å²) in [6.45, 7) is 1.11. The fourth-order valence-corrected chi connectivity index (χ4v) is 2.31. The molecule has 1 heterocycles. The van der Waals surface area contributed by atoms with Crippen LogP contribution in [0.2, 0.25) is 0 Å². The lowest BCUT2D eigenvalue weighted by Crippen LogP contribution is -2.31. The lowest BCUT2D eigenvalue weighted by molar-refractivity contribution is -0.167. The number of para-hydroxylation sites is 1. The Bertz CT molecular complexity index is 629. The highest BCUT2D eigenvalue weighted by Gasteiger charge is 2.39. The second-order valence-electron chi connectivity index (χ2n) is 5.08. The molecule has 2 atom stereocenters. The third kappa shape index (κ3) is 3.46. The number of benzene rings is 1. The first kappa shape index (κ1) is 16.9. The molecule has 0 bridgehead atoms. The zero-order chi connectivity index (χ0) is 17.1. The van der Waals surface area contributed by atoms with Crippen LogP contribution in [0.4, 0.5) is 14.5 Å². The minimum atomic E-state index is -1.12. The van der Waals surface area contributed by atoms with E-state index in [9.17, 15) is 23.2 Å². The van der Waals surface area contributed by atoms with E-state index in [1.807, 2.05) is 0 Å². The van der Waals surface area contributed by atoms with Crippen LogP contribution >= 0.6 is 0 Å².